The van der Waals surface area contributed by atoms with Gasteiger partial charge in [-0.2, -0.15) is 0 Å². The number of carbonyl (C=O) groups excluding carboxylic acids is 1. The fraction of sp³-hybridized carbons (Fsp3) is 0.480. The molecule has 0 aliphatic carbocycles. The van der Waals surface area contributed by atoms with Crippen molar-refractivity contribution >= 4 is 33.2 Å². The Morgan fingerprint density at radius 2 is 1.71 bits per heavy atom. The first kappa shape index (κ1) is 24.3. The highest BCUT2D eigenvalue weighted by atomic mass is 32.2. The van der Waals surface area contributed by atoms with Crippen molar-refractivity contribution in [2.75, 3.05) is 33.5 Å². The Morgan fingerprint density at radius 1 is 1.06 bits per heavy atom. The number of benzene rings is 2. The van der Waals surface area contributed by atoms with Gasteiger partial charge in [-0.25, -0.2) is 13.2 Å². The molecule has 4 rings (SSSR count). The second-order valence-electron chi connectivity index (χ2n) is 9.42. The van der Waals surface area contributed by atoms with Gasteiger partial charge in [0.25, 0.3) is 0 Å². The van der Waals surface area contributed by atoms with E-state index in [1.807, 2.05) is 62.1 Å². The second kappa shape index (κ2) is 9.11. The van der Waals surface area contributed by atoms with Crippen LogP contribution in [0.25, 0.3) is 11.1 Å². The summed E-state index contributed by atoms with van der Waals surface area (Å²) in [4.78, 5) is 16.4. The molecule has 0 bridgehead atoms. The minimum Gasteiger partial charge on any atom is -0.446 e. The smallest absolute Gasteiger partial charge is 0.414 e. The molecule has 9 heteroatoms. The Labute approximate surface area is 201 Å². The lowest BCUT2D eigenvalue weighted by Crippen LogP contribution is -2.53. The van der Waals surface area contributed by atoms with Gasteiger partial charge >= 0.3 is 6.09 Å². The molecule has 0 fully saturated rings. The third-order valence-corrected chi connectivity index (χ3v) is 7.50. The summed E-state index contributed by atoms with van der Waals surface area (Å²) in [7, 11) is -3.38. The molecule has 34 heavy (non-hydrogen) atoms. The summed E-state index contributed by atoms with van der Waals surface area (Å²) >= 11 is 0. The molecule has 2 aromatic rings. The van der Waals surface area contributed by atoms with Crippen LogP contribution in [0.1, 0.15) is 39.7 Å². The molecule has 0 saturated carbocycles. The highest BCUT2D eigenvalue weighted by molar-refractivity contribution is 7.92. The van der Waals surface area contributed by atoms with Crippen molar-refractivity contribution in [2.45, 2.75) is 58.9 Å². The molecule has 2 atom stereocenters. The Bertz CT molecular complexity index is 1200. The monoisotopic (exact) mass is 487 g/mol. The maximum Gasteiger partial charge on any atom is 0.414 e. The van der Waals surface area contributed by atoms with Crippen LogP contribution in [0.5, 0.6) is 0 Å². The number of aliphatic hydroxyl groups excluding tert-OH is 1. The Kier molecular flexibility index (Phi) is 6.52. The van der Waals surface area contributed by atoms with E-state index in [1.54, 1.807) is 11.8 Å². The van der Waals surface area contributed by atoms with Crippen molar-refractivity contribution in [3.63, 3.8) is 0 Å². The molecule has 0 radical (unpaired) electrons. The molecular weight excluding hydrogens is 454 g/mol. The second-order valence-corrected chi connectivity index (χ2v) is 11.3. The lowest BCUT2D eigenvalue weighted by Gasteiger charge is -2.43. The maximum absolute atomic E-state index is 12.9. The summed E-state index contributed by atoms with van der Waals surface area (Å²) in [5.74, 6) is 0. The molecule has 2 aromatic carbocycles. The van der Waals surface area contributed by atoms with Crippen molar-refractivity contribution < 1.29 is 23.1 Å². The molecule has 184 valence electrons. The Morgan fingerprint density at radius 3 is 2.32 bits per heavy atom. The van der Waals surface area contributed by atoms with E-state index in [4.69, 9.17) is 4.74 Å². The predicted octanol–water partition coefficient (Wildman–Crippen LogP) is 3.96. The van der Waals surface area contributed by atoms with Crippen LogP contribution in [0.4, 0.5) is 21.9 Å². The zero-order valence-corrected chi connectivity index (χ0v) is 21.2. The number of aryl methyl sites for hydroxylation is 1. The fourth-order valence-corrected chi connectivity index (χ4v) is 5.89. The van der Waals surface area contributed by atoms with Crippen molar-refractivity contribution in [1.29, 1.82) is 0 Å². The standard InChI is InChI=1S/C25H33N3O5S/c1-16(2)33-25(30)26-15-17(3)28(18(4)29)22-11-10-21(14-24(22)26)20-9-8-19-7-6-12-27(23(19)13-20)34(5,31)32/h8-11,13-14,16-18,29H,6-7,12,15H2,1-5H3/t17-,18?/m0/s1. The minimum absolute atomic E-state index is 0.106. The fourth-order valence-electron chi connectivity index (χ4n) is 4.90. The number of amides is 1. The first-order chi connectivity index (χ1) is 16.0. The van der Waals surface area contributed by atoms with Crippen LogP contribution in [-0.2, 0) is 21.2 Å². The van der Waals surface area contributed by atoms with E-state index in [0.29, 0.717) is 24.5 Å². The number of hydrogen-bond acceptors (Lipinski definition) is 6. The lowest BCUT2D eigenvalue weighted by molar-refractivity contribution is 0.120. The normalized spacial score (nSPS) is 19.0. The van der Waals surface area contributed by atoms with Crippen LogP contribution in [0.3, 0.4) is 0 Å². The summed E-state index contributed by atoms with van der Waals surface area (Å²) in [5.41, 5.74) is 4.82. The van der Waals surface area contributed by atoms with Crippen LogP contribution in [0, 0.1) is 0 Å². The summed E-state index contributed by atoms with van der Waals surface area (Å²) in [5, 5.41) is 10.4. The van der Waals surface area contributed by atoms with Gasteiger partial charge in [-0.05, 0) is 75.4 Å². The summed E-state index contributed by atoms with van der Waals surface area (Å²) in [6, 6.07) is 11.5. The average molecular weight is 488 g/mol. The van der Waals surface area contributed by atoms with E-state index < -0.39 is 22.3 Å². The molecule has 1 N–H and O–H groups in total. The quantitative estimate of drug-likeness (QED) is 0.702. The molecule has 2 aliphatic rings. The van der Waals surface area contributed by atoms with Gasteiger partial charge in [0.2, 0.25) is 10.0 Å². The van der Waals surface area contributed by atoms with E-state index >= 15 is 0 Å². The van der Waals surface area contributed by atoms with E-state index in [9.17, 15) is 18.3 Å². The maximum atomic E-state index is 12.9. The van der Waals surface area contributed by atoms with Crippen LogP contribution in [-0.4, -0.2) is 57.3 Å². The van der Waals surface area contributed by atoms with Crippen molar-refractivity contribution in [3.8, 4) is 11.1 Å². The van der Waals surface area contributed by atoms with E-state index in [0.717, 1.165) is 35.2 Å². The molecule has 0 aromatic heterocycles. The van der Waals surface area contributed by atoms with E-state index in [-0.39, 0.29) is 12.1 Å². The molecule has 2 heterocycles. The van der Waals surface area contributed by atoms with E-state index in [1.165, 1.54) is 10.6 Å². The van der Waals surface area contributed by atoms with Crippen molar-refractivity contribution in [3.05, 3.63) is 42.0 Å². The van der Waals surface area contributed by atoms with Crippen LogP contribution >= 0.6 is 0 Å². The number of ether oxygens (including phenoxy) is 1. The predicted molar refractivity (Wildman–Crippen MR) is 135 cm³/mol. The van der Waals surface area contributed by atoms with Gasteiger partial charge in [-0.15, -0.1) is 0 Å². The number of hydrogen-bond donors (Lipinski definition) is 1. The molecule has 0 spiro atoms. The molecule has 2 aliphatic heterocycles. The van der Waals surface area contributed by atoms with Crippen LogP contribution in [0.15, 0.2) is 36.4 Å². The number of nitrogens with zero attached hydrogens (tertiary/aromatic N) is 3. The van der Waals surface area contributed by atoms with Crippen LogP contribution < -0.4 is 14.1 Å². The summed E-state index contributed by atoms with van der Waals surface area (Å²) in [6.45, 7) is 8.13. The molecule has 1 amide bonds. The van der Waals surface area contributed by atoms with Gasteiger partial charge in [0, 0.05) is 19.1 Å². The van der Waals surface area contributed by atoms with Gasteiger partial charge in [0.15, 0.2) is 0 Å². The number of fused-ring (bicyclic) bond motifs is 2. The first-order valence-corrected chi connectivity index (χ1v) is 13.5. The highest BCUT2D eigenvalue weighted by Crippen LogP contribution is 2.41. The number of anilines is 3. The van der Waals surface area contributed by atoms with Crippen LogP contribution in [0.2, 0.25) is 0 Å². The number of carbonyl (C=O) groups is 1. The molecular formula is C25H33N3O5S. The summed E-state index contributed by atoms with van der Waals surface area (Å²) in [6.07, 6.45) is 1.44. The third kappa shape index (κ3) is 4.59. The van der Waals surface area contributed by atoms with Gasteiger partial charge in [0.05, 0.1) is 29.4 Å². The number of sulfonamides is 1. The van der Waals surface area contributed by atoms with Crippen molar-refractivity contribution in [1.82, 2.24) is 0 Å². The zero-order valence-electron chi connectivity index (χ0n) is 20.4. The zero-order chi connectivity index (χ0) is 24.8. The number of aliphatic hydroxyl groups is 1. The lowest BCUT2D eigenvalue weighted by atomic mass is 9.96. The Hall–Kier alpha value is -2.78. The Balaban J connectivity index is 1.81. The van der Waals surface area contributed by atoms with Gasteiger partial charge in [-0.1, -0.05) is 18.2 Å². The molecule has 8 nitrogen and oxygen atoms in total. The third-order valence-electron chi connectivity index (χ3n) is 6.32. The first-order valence-electron chi connectivity index (χ1n) is 11.7. The topological polar surface area (TPSA) is 90.4 Å². The van der Waals surface area contributed by atoms with Gasteiger partial charge < -0.3 is 14.7 Å². The largest absolute Gasteiger partial charge is 0.446 e. The average Bonchev–Trinajstić information content (AvgIpc) is 2.76. The highest BCUT2D eigenvalue weighted by Gasteiger charge is 2.35. The summed E-state index contributed by atoms with van der Waals surface area (Å²) < 4.78 is 31.7. The minimum atomic E-state index is -3.38. The van der Waals surface area contributed by atoms with Gasteiger partial charge in [0.1, 0.15) is 6.23 Å². The van der Waals surface area contributed by atoms with E-state index in [2.05, 4.69) is 0 Å². The molecule has 0 saturated heterocycles. The SMILES string of the molecule is CC(C)OC(=O)N1C[C@H](C)N(C(C)O)c2ccc(-c3ccc4c(c3)N(S(C)(=O)=O)CCC4)cc21. The van der Waals surface area contributed by atoms with Crippen molar-refractivity contribution in [2.24, 2.45) is 0 Å². The van der Waals surface area contributed by atoms with Gasteiger partial charge in [-0.3, -0.25) is 9.21 Å². The number of rotatable bonds is 4. The molecule has 1 unspecified atom stereocenters.